The van der Waals surface area contributed by atoms with E-state index in [1.165, 1.54) is 4.90 Å². The molecule has 17 heavy (non-hydrogen) atoms. The first-order valence-corrected chi connectivity index (χ1v) is 7.29. The quantitative estimate of drug-likeness (QED) is 0.552. The summed E-state index contributed by atoms with van der Waals surface area (Å²) < 4.78 is 0. The maximum Gasteiger partial charge on any atom is 0.0766 e. The molecule has 2 N–H and O–H groups in total. The van der Waals surface area contributed by atoms with Crippen molar-refractivity contribution >= 4 is 11.8 Å². The zero-order valence-corrected chi connectivity index (χ0v) is 11.6. The van der Waals surface area contributed by atoms with Gasteiger partial charge >= 0.3 is 0 Å². The zero-order chi connectivity index (χ0) is 12.6. The van der Waals surface area contributed by atoms with E-state index in [1.54, 1.807) is 0 Å². The molecule has 96 valence electrons. The van der Waals surface area contributed by atoms with Crippen LogP contribution in [0.5, 0.6) is 0 Å². The van der Waals surface area contributed by atoms with Gasteiger partial charge in [-0.05, 0) is 25.0 Å². The summed E-state index contributed by atoms with van der Waals surface area (Å²) in [4.78, 5) is 1.30. The molecule has 2 nitrogen and oxygen atoms in total. The molecule has 1 aromatic rings. The number of benzene rings is 1. The van der Waals surface area contributed by atoms with E-state index in [1.807, 2.05) is 31.7 Å². The van der Waals surface area contributed by atoms with Gasteiger partial charge in [-0.3, -0.25) is 0 Å². The van der Waals surface area contributed by atoms with Crippen LogP contribution >= 0.6 is 11.8 Å². The van der Waals surface area contributed by atoms with E-state index in [-0.39, 0.29) is 0 Å². The second-order valence-electron chi connectivity index (χ2n) is 4.27. The first-order valence-electron chi connectivity index (χ1n) is 6.31. The van der Waals surface area contributed by atoms with Crippen LogP contribution < -0.4 is 5.32 Å². The van der Waals surface area contributed by atoms with Crippen molar-refractivity contribution in [2.75, 3.05) is 18.8 Å². The fourth-order valence-electron chi connectivity index (χ4n) is 1.58. The monoisotopic (exact) mass is 253 g/mol. The van der Waals surface area contributed by atoms with Crippen molar-refractivity contribution in [3.63, 3.8) is 0 Å². The predicted molar refractivity (Wildman–Crippen MR) is 75.6 cm³/mol. The number of nitrogens with one attached hydrogen (secondary N) is 1. The molecule has 0 aliphatic rings. The number of hydrogen-bond donors (Lipinski definition) is 2. The molecule has 1 rings (SSSR count). The highest BCUT2D eigenvalue weighted by Gasteiger charge is 2.20. The smallest absolute Gasteiger partial charge is 0.0766 e. The largest absolute Gasteiger partial charge is 0.389 e. The van der Waals surface area contributed by atoms with Crippen LogP contribution in [0.15, 0.2) is 35.2 Å². The lowest BCUT2D eigenvalue weighted by Crippen LogP contribution is -2.40. The lowest BCUT2D eigenvalue weighted by Gasteiger charge is -2.25. The molecule has 0 aliphatic heterocycles. The van der Waals surface area contributed by atoms with Gasteiger partial charge < -0.3 is 10.4 Å². The minimum atomic E-state index is -0.530. The van der Waals surface area contributed by atoms with Gasteiger partial charge in [-0.1, -0.05) is 32.0 Å². The Kier molecular flexibility index (Phi) is 6.63. The highest BCUT2D eigenvalue weighted by molar-refractivity contribution is 7.99. The Bertz CT molecular complexity index is 298. The van der Waals surface area contributed by atoms with E-state index < -0.39 is 5.60 Å². The number of rotatable bonds is 8. The molecule has 0 saturated heterocycles. The third-order valence-corrected chi connectivity index (χ3v) is 4.07. The molecule has 1 aromatic carbocycles. The average molecular weight is 253 g/mol. The van der Waals surface area contributed by atoms with Crippen molar-refractivity contribution in [2.24, 2.45) is 0 Å². The van der Waals surface area contributed by atoms with E-state index in [4.69, 9.17) is 0 Å². The summed E-state index contributed by atoms with van der Waals surface area (Å²) in [5.74, 6) is 1.04. The summed E-state index contributed by atoms with van der Waals surface area (Å²) in [6, 6.07) is 10.4. The average Bonchev–Trinajstić information content (AvgIpc) is 2.39. The van der Waals surface area contributed by atoms with Gasteiger partial charge in [0.05, 0.1) is 5.60 Å². The van der Waals surface area contributed by atoms with Crippen molar-refractivity contribution in [3.05, 3.63) is 30.3 Å². The van der Waals surface area contributed by atoms with Crippen molar-refractivity contribution in [2.45, 2.75) is 37.2 Å². The summed E-state index contributed by atoms with van der Waals surface area (Å²) in [7, 11) is 0. The zero-order valence-electron chi connectivity index (χ0n) is 10.8. The van der Waals surface area contributed by atoms with Crippen LogP contribution in [0, 0.1) is 0 Å². The van der Waals surface area contributed by atoms with Crippen LogP contribution in [-0.4, -0.2) is 29.5 Å². The molecule has 0 aromatic heterocycles. The topological polar surface area (TPSA) is 32.3 Å². The van der Waals surface area contributed by atoms with Crippen molar-refractivity contribution in [1.29, 1.82) is 0 Å². The Morgan fingerprint density at radius 3 is 2.41 bits per heavy atom. The molecule has 0 unspecified atom stereocenters. The van der Waals surface area contributed by atoms with E-state index >= 15 is 0 Å². The number of aliphatic hydroxyl groups is 1. The Morgan fingerprint density at radius 1 is 1.18 bits per heavy atom. The summed E-state index contributed by atoms with van der Waals surface area (Å²) in [6.07, 6.45) is 1.62. The van der Waals surface area contributed by atoms with Crippen LogP contribution in [0.4, 0.5) is 0 Å². The lowest BCUT2D eigenvalue weighted by molar-refractivity contribution is 0.0332. The van der Waals surface area contributed by atoms with E-state index in [0.717, 1.165) is 25.1 Å². The molecule has 0 atom stereocenters. The Labute approximate surface area is 109 Å². The summed E-state index contributed by atoms with van der Waals surface area (Å²) in [5.41, 5.74) is -0.530. The maximum absolute atomic E-state index is 10.1. The lowest BCUT2D eigenvalue weighted by atomic mass is 9.98. The molecule has 0 amide bonds. The van der Waals surface area contributed by atoms with Gasteiger partial charge in [0.15, 0.2) is 0 Å². The van der Waals surface area contributed by atoms with Gasteiger partial charge in [0.2, 0.25) is 0 Å². The van der Waals surface area contributed by atoms with Gasteiger partial charge in [-0.2, -0.15) is 0 Å². The SMILES string of the molecule is CCC(O)(CC)CNCCSc1ccccc1. The first kappa shape index (κ1) is 14.6. The van der Waals surface area contributed by atoms with Gasteiger partial charge in [0, 0.05) is 23.7 Å². The van der Waals surface area contributed by atoms with E-state index in [9.17, 15) is 5.11 Å². The van der Waals surface area contributed by atoms with Crippen LogP contribution in [0.3, 0.4) is 0 Å². The Hall–Kier alpha value is -0.510. The normalized spacial score (nSPS) is 11.7. The predicted octanol–water partition coefficient (Wildman–Crippen LogP) is 2.92. The molecule has 0 spiro atoms. The maximum atomic E-state index is 10.1. The highest BCUT2D eigenvalue weighted by atomic mass is 32.2. The van der Waals surface area contributed by atoms with Crippen molar-refractivity contribution in [1.82, 2.24) is 5.32 Å². The fourth-order valence-corrected chi connectivity index (χ4v) is 2.41. The molecule has 0 radical (unpaired) electrons. The molecule has 0 bridgehead atoms. The molecule has 3 heteroatoms. The number of hydrogen-bond acceptors (Lipinski definition) is 3. The number of thioether (sulfide) groups is 1. The summed E-state index contributed by atoms with van der Waals surface area (Å²) >= 11 is 1.84. The minimum absolute atomic E-state index is 0.530. The summed E-state index contributed by atoms with van der Waals surface area (Å²) in [5, 5.41) is 13.4. The van der Waals surface area contributed by atoms with Crippen LogP contribution in [0.25, 0.3) is 0 Å². The minimum Gasteiger partial charge on any atom is -0.389 e. The molecule has 0 aliphatic carbocycles. The molecule has 0 saturated carbocycles. The fraction of sp³-hybridized carbons (Fsp3) is 0.571. The Morgan fingerprint density at radius 2 is 1.82 bits per heavy atom. The van der Waals surface area contributed by atoms with Gasteiger partial charge in [0.25, 0.3) is 0 Å². The second kappa shape index (κ2) is 7.75. The molecular weight excluding hydrogens is 230 g/mol. The third kappa shape index (κ3) is 5.57. The van der Waals surface area contributed by atoms with Gasteiger partial charge in [-0.15, -0.1) is 11.8 Å². The van der Waals surface area contributed by atoms with Crippen LogP contribution in [0.2, 0.25) is 0 Å². The Balaban J connectivity index is 2.13. The van der Waals surface area contributed by atoms with E-state index in [0.29, 0.717) is 6.54 Å². The molecule has 0 fully saturated rings. The van der Waals surface area contributed by atoms with Crippen molar-refractivity contribution < 1.29 is 5.11 Å². The first-order chi connectivity index (χ1) is 8.20. The van der Waals surface area contributed by atoms with Gasteiger partial charge in [-0.25, -0.2) is 0 Å². The van der Waals surface area contributed by atoms with Crippen molar-refractivity contribution in [3.8, 4) is 0 Å². The van der Waals surface area contributed by atoms with E-state index in [2.05, 4.69) is 29.6 Å². The van der Waals surface area contributed by atoms with Crippen LogP contribution in [-0.2, 0) is 0 Å². The standard InChI is InChI=1S/C14H23NOS/c1-3-14(16,4-2)12-15-10-11-17-13-8-6-5-7-9-13/h5-9,15-16H,3-4,10-12H2,1-2H3. The second-order valence-corrected chi connectivity index (χ2v) is 5.44. The van der Waals surface area contributed by atoms with Gasteiger partial charge in [0.1, 0.15) is 0 Å². The molecule has 0 heterocycles. The van der Waals surface area contributed by atoms with Crippen LogP contribution in [0.1, 0.15) is 26.7 Å². The summed E-state index contributed by atoms with van der Waals surface area (Å²) in [6.45, 7) is 5.69. The highest BCUT2D eigenvalue weighted by Crippen LogP contribution is 2.16. The molecular formula is C14H23NOS. The third-order valence-electron chi connectivity index (χ3n) is 3.06.